The second-order valence-electron chi connectivity index (χ2n) is 0.600. The van der Waals surface area contributed by atoms with Crippen LogP contribution in [0, 0.1) is 0 Å². The van der Waals surface area contributed by atoms with Gasteiger partial charge in [-0.05, 0) is 0 Å². The quantitative estimate of drug-likeness (QED) is 0.360. The summed E-state index contributed by atoms with van der Waals surface area (Å²) in [6, 6.07) is 0. The molecule has 0 aromatic carbocycles. The maximum atomic E-state index is 7.33. The van der Waals surface area contributed by atoms with Gasteiger partial charge in [-0.3, -0.25) is 0 Å². The van der Waals surface area contributed by atoms with Crippen molar-refractivity contribution in [1.82, 2.24) is 0 Å². The van der Waals surface area contributed by atoms with Crippen LogP contribution in [0.15, 0.2) is 0 Å². The van der Waals surface area contributed by atoms with Crippen LogP contribution < -0.4 is 0 Å². The monoisotopic (exact) mass is 301 g/mol. The largest absolute Gasteiger partial charge is 0.668 e. The van der Waals surface area contributed by atoms with E-state index in [0.29, 0.717) is 0 Å². The standard InChI is InChI=1S/H4O4Si.Tl/c1-5(2,3)4;/h1-4H;. The minimum Gasteiger partial charge on any atom is -0.368 e. The van der Waals surface area contributed by atoms with Gasteiger partial charge in [0, 0.05) is 27.3 Å². The Morgan fingerprint density at radius 2 is 0.833 bits per heavy atom. The molecule has 0 unspecified atom stereocenters. The molecule has 6 heavy (non-hydrogen) atoms. The van der Waals surface area contributed by atoms with E-state index in [2.05, 4.69) is 0 Å². The molecule has 35 valence electrons. The predicted octanol–water partition coefficient (Wildman–Crippen LogP) is -2.99. The van der Waals surface area contributed by atoms with E-state index in [1.54, 1.807) is 0 Å². The third-order valence-corrected chi connectivity index (χ3v) is 0. The average Bonchev–Trinajstić information content (AvgIpc) is 0.722. The molecule has 0 aliphatic rings. The predicted molar refractivity (Wildman–Crippen MR) is 20.4 cm³/mol. The van der Waals surface area contributed by atoms with Crippen molar-refractivity contribution in [2.24, 2.45) is 0 Å². The molecular weight excluding hydrogens is 296 g/mol. The topological polar surface area (TPSA) is 80.9 Å². The normalized spacial score (nSPS) is 10.0. The molecule has 0 amide bonds. The Morgan fingerprint density at radius 1 is 0.833 bits per heavy atom. The molecule has 4 nitrogen and oxygen atoms in total. The van der Waals surface area contributed by atoms with Crippen LogP contribution >= 0.6 is 0 Å². The van der Waals surface area contributed by atoms with Crippen molar-refractivity contribution < 1.29 is 19.2 Å². The minimum atomic E-state index is -4.61. The van der Waals surface area contributed by atoms with Gasteiger partial charge in [-0.15, -0.1) is 0 Å². The van der Waals surface area contributed by atoms with Gasteiger partial charge < -0.3 is 19.2 Å². The van der Waals surface area contributed by atoms with Crippen LogP contribution in [0.25, 0.3) is 0 Å². The second kappa shape index (κ2) is 3.04. The van der Waals surface area contributed by atoms with E-state index in [1.807, 2.05) is 0 Å². The number of hydrogen-bond acceptors (Lipinski definition) is 4. The third kappa shape index (κ3) is 82.3. The van der Waals surface area contributed by atoms with Crippen LogP contribution in [-0.2, 0) is 0 Å². The fraction of sp³-hybridized carbons (Fsp3) is 0. The molecule has 0 heterocycles. The van der Waals surface area contributed by atoms with Gasteiger partial charge in [-0.25, -0.2) is 0 Å². The summed E-state index contributed by atoms with van der Waals surface area (Å²) in [4.78, 5) is 29.3. The molecule has 0 fully saturated rings. The van der Waals surface area contributed by atoms with Gasteiger partial charge in [0.15, 0.2) is 0 Å². The zero-order chi connectivity index (χ0) is 4.50. The minimum absolute atomic E-state index is 0. The van der Waals surface area contributed by atoms with Gasteiger partial charge >= 0.3 is 9.05 Å². The molecular formula is H4O4SiTl. The molecule has 0 aromatic heterocycles. The van der Waals surface area contributed by atoms with E-state index >= 15 is 0 Å². The Morgan fingerprint density at radius 3 is 0.833 bits per heavy atom. The zero-order valence-electron chi connectivity index (χ0n) is 2.87. The molecule has 0 spiro atoms. The van der Waals surface area contributed by atoms with Crippen molar-refractivity contribution in [2.75, 3.05) is 0 Å². The summed E-state index contributed by atoms with van der Waals surface area (Å²) in [5.41, 5.74) is 0. The van der Waals surface area contributed by atoms with Crippen LogP contribution in [0.4, 0.5) is 0 Å². The number of hydrogen-bond donors (Lipinski definition) is 4. The molecule has 0 bridgehead atoms. The van der Waals surface area contributed by atoms with Crippen molar-refractivity contribution in [3.8, 4) is 0 Å². The number of rotatable bonds is 0. The van der Waals surface area contributed by atoms with Gasteiger partial charge in [0.2, 0.25) is 0 Å². The summed E-state index contributed by atoms with van der Waals surface area (Å²) in [6.07, 6.45) is 0. The summed E-state index contributed by atoms with van der Waals surface area (Å²) >= 11 is 0. The van der Waals surface area contributed by atoms with E-state index < -0.39 is 9.05 Å². The van der Waals surface area contributed by atoms with Crippen LogP contribution in [0.3, 0.4) is 0 Å². The Balaban J connectivity index is 0. The van der Waals surface area contributed by atoms with Crippen molar-refractivity contribution in [3.63, 3.8) is 0 Å². The molecule has 0 atom stereocenters. The van der Waals surface area contributed by atoms with Crippen molar-refractivity contribution in [2.45, 2.75) is 0 Å². The van der Waals surface area contributed by atoms with E-state index in [4.69, 9.17) is 19.2 Å². The summed E-state index contributed by atoms with van der Waals surface area (Å²) in [5, 5.41) is 0. The van der Waals surface area contributed by atoms with Gasteiger partial charge in [0.1, 0.15) is 0 Å². The van der Waals surface area contributed by atoms with Crippen molar-refractivity contribution in [1.29, 1.82) is 0 Å². The zero-order valence-corrected chi connectivity index (χ0v) is 8.36. The van der Waals surface area contributed by atoms with Gasteiger partial charge in [0.25, 0.3) is 0 Å². The summed E-state index contributed by atoms with van der Waals surface area (Å²) in [6.45, 7) is 0. The summed E-state index contributed by atoms with van der Waals surface area (Å²) < 4.78 is 0. The van der Waals surface area contributed by atoms with Gasteiger partial charge in [0.05, 0.1) is 0 Å². The molecule has 0 rings (SSSR count). The average molecular weight is 300 g/mol. The van der Waals surface area contributed by atoms with E-state index in [9.17, 15) is 0 Å². The first-order valence-corrected chi connectivity index (χ1v) is 2.68. The molecule has 0 aliphatic carbocycles. The van der Waals surface area contributed by atoms with Gasteiger partial charge in [-0.2, -0.15) is 0 Å². The summed E-state index contributed by atoms with van der Waals surface area (Å²) in [7, 11) is -4.61. The first-order valence-electron chi connectivity index (χ1n) is 0.894. The Bertz CT molecular complexity index is 23.0. The third-order valence-electron chi connectivity index (χ3n) is 0. The maximum Gasteiger partial charge on any atom is 0.668 e. The Hall–Kier alpha value is 0.979. The molecule has 1 radical (unpaired) electrons. The SMILES string of the molecule is O[Si](O)(O)O.[Tl]. The molecule has 4 N–H and O–H groups in total. The van der Waals surface area contributed by atoms with Crippen LogP contribution in [0.2, 0.25) is 0 Å². The molecule has 0 aromatic rings. The molecule has 6 heteroatoms. The fourth-order valence-electron chi connectivity index (χ4n) is 0. The Kier molecular flexibility index (Phi) is 5.10. The maximum absolute atomic E-state index is 7.33. The second-order valence-corrected chi connectivity index (χ2v) is 1.80. The smallest absolute Gasteiger partial charge is 0.368 e. The van der Waals surface area contributed by atoms with Crippen LogP contribution in [-0.4, -0.2) is 55.5 Å². The van der Waals surface area contributed by atoms with Crippen LogP contribution in [0.1, 0.15) is 0 Å². The van der Waals surface area contributed by atoms with E-state index in [-0.39, 0.29) is 27.3 Å². The van der Waals surface area contributed by atoms with E-state index in [1.165, 1.54) is 0 Å². The first-order chi connectivity index (χ1) is 2.00. The van der Waals surface area contributed by atoms with Crippen molar-refractivity contribution >= 4 is 36.3 Å². The molecule has 0 saturated heterocycles. The van der Waals surface area contributed by atoms with Crippen molar-refractivity contribution in [3.05, 3.63) is 0 Å². The first kappa shape index (κ1) is 10.1. The fourth-order valence-corrected chi connectivity index (χ4v) is 0. The molecule has 0 aliphatic heterocycles. The molecule has 0 saturated carbocycles. The van der Waals surface area contributed by atoms with Crippen LogP contribution in [0.5, 0.6) is 0 Å². The van der Waals surface area contributed by atoms with E-state index in [0.717, 1.165) is 0 Å². The van der Waals surface area contributed by atoms with Gasteiger partial charge in [-0.1, -0.05) is 0 Å². The Labute approximate surface area is 55.7 Å². The summed E-state index contributed by atoms with van der Waals surface area (Å²) in [5.74, 6) is 0.